The second-order valence-corrected chi connectivity index (χ2v) is 6.79. The van der Waals surface area contributed by atoms with Gasteiger partial charge in [0.15, 0.2) is 0 Å². The molecule has 2 aromatic rings. The molecule has 0 amide bonds. The molecule has 19 heavy (non-hydrogen) atoms. The maximum atomic E-state index is 4.29. The lowest BCUT2D eigenvalue weighted by Gasteiger charge is -2.16. The van der Waals surface area contributed by atoms with E-state index in [9.17, 15) is 0 Å². The Morgan fingerprint density at radius 1 is 1.11 bits per heavy atom. The minimum Gasteiger partial charge on any atom is -0.0995 e. The van der Waals surface area contributed by atoms with Gasteiger partial charge in [-0.25, -0.2) is 0 Å². The zero-order chi connectivity index (χ0) is 13.5. The van der Waals surface area contributed by atoms with Crippen molar-refractivity contribution in [3.05, 3.63) is 60.2 Å². The Hall–Kier alpha value is -1.56. The molecule has 0 heteroatoms. The molecule has 1 atom stereocenters. The molecule has 1 saturated carbocycles. The molecule has 0 spiro atoms. The first-order valence-electron chi connectivity index (χ1n) is 7.19. The van der Waals surface area contributed by atoms with E-state index in [0.717, 1.165) is 6.42 Å². The number of rotatable bonds is 2. The summed E-state index contributed by atoms with van der Waals surface area (Å²) < 4.78 is 0. The largest absolute Gasteiger partial charge is 0.0995 e. The second-order valence-electron chi connectivity index (χ2n) is 6.79. The van der Waals surface area contributed by atoms with Crippen molar-refractivity contribution in [2.45, 2.75) is 33.1 Å². The van der Waals surface area contributed by atoms with E-state index in [0.29, 0.717) is 11.3 Å². The minimum absolute atomic E-state index is 0.443. The van der Waals surface area contributed by atoms with Crippen molar-refractivity contribution in [3.8, 4) is 0 Å². The Balaban J connectivity index is 1.84. The lowest BCUT2D eigenvalue weighted by atomic mass is 9.88. The fourth-order valence-electron chi connectivity index (χ4n) is 3.51. The highest BCUT2D eigenvalue weighted by atomic mass is 14.4. The molecular weight excluding hydrogens is 228 g/mol. The van der Waals surface area contributed by atoms with Crippen LogP contribution < -0.4 is 0 Å². The van der Waals surface area contributed by atoms with E-state index in [1.54, 1.807) is 0 Å². The Morgan fingerprint density at radius 2 is 1.84 bits per heavy atom. The monoisotopic (exact) mass is 250 g/mol. The van der Waals surface area contributed by atoms with Crippen LogP contribution in [0.2, 0.25) is 0 Å². The van der Waals surface area contributed by atoms with E-state index < -0.39 is 0 Å². The Labute approximate surface area is 116 Å². The summed E-state index contributed by atoms with van der Waals surface area (Å²) in [5.41, 5.74) is 3.33. The van der Waals surface area contributed by atoms with Crippen LogP contribution in [0.25, 0.3) is 10.8 Å². The molecule has 98 valence electrons. The van der Waals surface area contributed by atoms with E-state index in [2.05, 4.69) is 62.9 Å². The minimum atomic E-state index is 0.443. The first kappa shape index (κ1) is 12.5. The highest BCUT2D eigenvalue weighted by Crippen LogP contribution is 2.45. The molecule has 1 aliphatic carbocycles. The van der Waals surface area contributed by atoms with Gasteiger partial charge in [-0.3, -0.25) is 0 Å². The van der Waals surface area contributed by atoms with Gasteiger partial charge >= 0.3 is 0 Å². The van der Waals surface area contributed by atoms with Crippen molar-refractivity contribution in [2.24, 2.45) is 11.3 Å². The van der Waals surface area contributed by atoms with Crippen LogP contribution in [0.4, 0.5) is 0 Å². The molecule has 0 saturated heterocycles. The summed E-state index contributed by atoms with van der Waals surface area (Å²) in [6.07, 6.45) is 3.61. The van der Waals surface area contributed by atoms with Gasteiger partial charge in [-0.1, -0.05) is 68.5 Å². The zero-order valence-corrected chi connectivity index (χ0v) is 11.9. The standard InChI is InChI=1S/C19H22/c1-14-12-19(2,3)13-18(14)11-15-8-9-16-6-4-5-7-17(16)10-15/h4-10,18H,1,11-13H2,2-3H3. The van der Waals surface area contributed by atoms with E-state index in [4.69, 9.17) is 0 Å². The summed E-state index contributed by atoms with van der Waals surface area (Å²) in [5.74, 6) is 0.663. The van der Waals surface area contributed by atoms with Crippen molar-refractivity contribution in [3.63, 3.8) is 0 Å². The van der Waals surface area contributed by atoms with Crippen molar-refractivity contribution < 1.29 is 0 Å². The van der Waals surface area contributed by atoms with Gasteiger partial charge in [-0.15, -0.1) is 0 Å². The van der Waals surface area contributed by atoms with Crippen LogP contribution in [-0.4, -0.2) is 0 Å². The fraction of sp³-hybridized carbons (Fsp3) is 0.368. The van der Waals surface area contributed by atoms with E-state index in [1.807, 2.05) is 0 Å². The molecule has 1 aliphatic rings. The lowest BCUT2D eigenvalue weighted by Crippen LogP contribution is -2.06. The number of hydrogen-bond donors (Lipinski definition) is 0. The zero-order valence-electron chi connectivity index (χ0n) is 11.9. The van der Waals surface area contributed by atoms with E-state index >= 15 is 0 Å². The SMILES string of the molecule is C=C1CC(C)(C)CC1Cc1ccc2ccccc2c1. The topological polar surface area (TPSA) is 0 Å². The average molecular weight is 250 g/mol. The maximum absolute atomic E-state index is 4.29. The predicted octanol–water partition coefficient (Wildman–Crippen LogP) is 5.37. The molecule has 1 fully saturated rings. The molecule has 2 aromatic carbocycles. The van der Waals surface area contributed by atoms with E-state index in [1.165, 1.54) is 34.8 Å². The highest BCUT2D eigenvalue weighted by Gasteiger charge is 2.33. The van der Waals surface area contributed by atoms with Crippen LogP contribution in [-0.2, 0) is 6.42 Å². The molecule has 0 aliphatic heterocycles. The molecule has 0 nitrogen and oxygen atoms in total. The fourth-order valence-corrected chi connectivity index (χ4v) is 3.51. The molecule has 0 radical (unpaired) electrons. The number of allylic oxidation sites excluding steroid dienone is 1. The predicted molar refractivity (Wildman–Crippen MR) is 83.3 cm³/mol. The van der Waals surface area contributed by atoms with Gasteiger partial charge in [0, 0.05) is 0 Å². The molecule has 0 N–H and O–H groups in total. The van der Waals surface area contributed by atoms with Crippen LogP contribution in [0.1, 0.15) is 32.3 Å². The van der Waals surface area contributed by atoms with Gasteiger partial charge in [0.25, 0.3) is 0 Å². The number of benzene rings is 2. The third-order valence-electron chi connectivity index (χ3n) is 4.38. The summed E-state index contributed by atoms with van der Waals surface area (Å²) in [6.45, 7) is 9.01. The Morgan fingerprint density at radius 3 is 2.53 bits per heavy atom. The van der Waals surface area contributed by atoms with Crippen LogP contribution in [0.3, 0.4) is 0 Å². The van der Waals surface area contributed by atoms with Gasteiger partial charge in [-0.05, 0) is 46.9 Å². The van der Waals surface area contributed by atoms with Crippen molar-refractivity contribution in [1.82, 2.24) is 0 Å². The smallest absolute Gasteiger partial charge is 0.0160 e. The molecule has 0 bridgehead atoms. The summed E-state index contributed by atoms with van der Waals surface area (Å²) in [4.78, 5) is 0. The third-order valence-corrected chi connectivity index (χ3v) is 4.38. The molecule has 3 rings (SSSR count). The van der Waals surface area contributed by atoms with Crippen molar-refractivity contribution >= 4 is 10.8 Å². The quantitative estimate of drug-likeness (QED) is 0.628. The van der Waals surface area contributed by atoms with Gasteiger partial charge in [-0.2, -0.15) is 0 Å². The molecular formula is C19H22. The Kier molecular flexibility index (Phi) is 2.97. The van der Waals surface area contributed by atoms with Gasteiger partial charge in [0.05, 0.1) is 0 Å². The lowest BCUT2D eigenvalue weighted by molar-refractivity contribution is 0.360. The second kappa shape index (κ2) is 4.52. The molecule has 0 heterocycles. The highest BCUT2D eigenvalue weighted by molar-refractivity contribution is 5.83. The normalized spacial score (nSPS) is 22.0. The first-order valence-corrected chi connectivity index (χ1v) is 7.19. The first-order chi connectivity index (χ1) is 9.03. The van der Waals surface area contributed by atoms with Crippen LogP contribution in [0.15, 0.2) is 54.6 Å². The van der Waals surface area contributed by atoms with Crippen molar-refractivity contribution in [2.75, 3.05) is 0 Å². The van der Waals surface area contributed by atoms with Gasteiger partial charge in [0.2, 0.25) is 0 Å². The summed E-state index contributed by atoms with van der Waals surface area (Å²) in [7, 11) is 0. The number of hydrogen-bond acceptors (Lipinski definition) is 0. The van der Waals surface area contributed by atoms with Crippen LogP contribution in [0, 0.1) is 11.3 Å². The van der Waals surface area contributed by atoms with Gasteiger partial charge in [0.1, 0.15) is 0 Å². The van der Waals surface area contributed by atoms with Crippen LogP contribution in [0.5, 0.6) is 0 Å². The van der Waals surface area contributed by atoms with Crippen molar-refractivity contribution in [1.29, 1.82) is 0 Å². The average Bonchev–Trinajstić information content (AvgIpc) is 2.62. The van der Waals surface area contributed by atoms with Crippen LogP contribution >= 0.6 is 0 Å². The Bertz CT molecular complexity index is 619. The number of fused-ring (bicyclic) bond motifs is 1. The van der Waals surface area contributed by atoms with Gasteiger partial charge < -0.3 is 0 Å². The summed E-state index contributed by atoms with van der Waals surface area (Å²) in [5, 5.41) is 2.68. The molecule has 0 aromatic heterocycles. The van der Waals surface area contributed by atoms with E-state index in [-0.39, 0.29) is 0 Å². The maximum Gasteiger partial charge on any atom is -0.0160 e. The summed E-state index contributed by atoms with van der Waals surface area (Å²) >= 11 is 0. The third kappa shape index (κ3) is 2.58. The molecule has 1 unspecified atom stereocenters. The summed E-state index contributed by atoms with van der Waals surface area (Å²) in [6, 6.07) is 15.5.